The van der Waals surface area contributed by atoms with E-state index < -0.39 is 0 Å². The van der Waals surface area contributed by atoms with E-state index in [9.17, 15) is 0 Å². The van der Waals surface area contributed by atoms with Crippen molar-refractivity contribution in [1.82, 2.24) is 4.90 Å². The predicted molar refractivity (Wildman–Crippen MR) is 99.1 cm³/mol. The van der Waals surface area contributed by atoms with Crippen molar-refractivity contribution in [3.8, 4) is 0 Å². The van der Waals surface area contributed by atoms with E-state index in [1.54, 1.807) is 16.8 Å². The first kappa shape index (κ1) is 15.0. The molecule has 2 atom stereocenters. The maximum Gasteiger partial charge on any atom is 0.0485 e. The highest BCUT2D eigenvalue weighted by molar-refractivity contribution is 5.88. The molecule has 1 aromatic carbocycles. The van der Waals surface area contributed by atoms with E-state index in [0.717, 1.165) is 6.42 Å². The molecule has 0 bridgehead atoms. The molecule has 0 N–H and O–H groups in total. The minimum Gasteiger partial charge on any atom is -0.367 e. The minimum absolute atomic E-state index is 0.693. The second-order valence-electron chi connectivity index (χ2n) is 7.42. The van der Waals surface area contributed by atoms with E-state index in [1.807, 2.05) is 0 Å². The first-order chi connectivity index (χ1) is 11.2. The summed E-state index contributed by atoms with van der Waals surface area (Å²) >= 11 is 0. The molecule has 2 nitrogen and oxygen atoms in total. The fourth-order valence-corrected chi connectivity index (χ4v) is 4.74. The third-order valence-electron chi connectivity index (χ3n) is 5.93. The Labute approximate surface area is 140 Å². The first-order valence-electron chi connectivity index (χ1n) is 9.15. The molecule has 3 aliphatic rings. The van der Waals surface area contributed by atoms with Crippen LogP contribution >= 0.6 is 0 Å². The number of hydrogen-bond donors (Lipinski definition) is 0. The van der Waals surface area contributed by atoms with Gasteiger partial charge in [0.25, 0.3) is 0 Å². The van der Waals surface area contributed by atoms with Gasteiger partial charge in [0.05, 0.1) is 0 Å². The van der Waals surface area contributed by atoms with Gasteiger partial charge in [-0.1, -0.05) is 42.8 Å². The van der Waals surface area contributed by atoms with Crippen molar-refractivity contribution in [3.63, 3.8) is 0 Å². The highest BCUT2D eigenvalue weighted by Crippen LogP contribution is 2.49. The van der Waals surface area contributed by atoms with Crippen LogP contribution in [0.4, 0.5) is 5.69 Å². The molecular weight excluding hydrogens is 280 g/mol. The third-order valence-corrected chi connectivity index (χ3v) is 5.93. The minimum atomic E-state index is 0.693. The lowest BCUT2D eigenvalue weighted by Crippen LogP contribution is -2.45. The number of para-hydroxylation sites is 1. The van der Waals surface area contributed by atoms with Crippen molar-refractivity contribution in [2.45, 2.75) is 45.1 Å². The average molecular weight is 308 g/mol. The van der Waals surface area contributed by atoms with Crippen LogP contribution in [-0.4, -0.2) is 37.6 Å². The van der Waals surface area contributed by atoms with Gasteiger partial charge in [-0.3, -0.25) is 0 Å². The van der Waals surface area contributed by atoms with Crippen LogP contribution in [-0.2, 0) is 0 Å². The number of fused-ring (bicyclic) bond motifs is 3. The van der Waals surface area contributed by atoms with Crippen LogP contribution in [0.1, 0.15) is 50.2 Å². The summed E-state index contributed by atoms with van der Waals surface area (Å²) in [5.41, 5.74) is 7.63. The van der Waals surface area contributed by atoms with Gasteiger partial charge in [0, 0.05) is 36.3 Å². The van der Waals surface area contributed by atoms with Crippen LogP contribution in [0.15, 0.2) is 35.9 Å². The van der Waals surface area contributed by atoms with Gasteiger partial charge >= 0.3 is 0 Å². The standard InChI is InChI=1S/C21H28N2/c1-4-5-7-16-15(2)10-13-23-20-11-12-22(3)14-19(20)18-9-6-8-17(16)21(18)23/h5-9,19-20H,4,10-14H2,1-3H3/b7-5-. The third kappa shape index (κ3) is 2.35. The van der Waals surface area contributed by atoms with Gasteiger partial charge in [-0.25, -0.2) is 0 Å². The van der Waals surface area contributed by atoms with Crippen LogP contribution in [0.5, 0.6) is 0 Å². The normalized spacial score (nSPS) is 27.3. The number of benzene rings is 1. The smallest absolute Gasteiger partial charge is 0.0485 e. The maximum absolute atomic E-state index is 2.75. The Morgan fingerprint density at radius 1 is 1.26 bits per heavy atom. The number of hydrogen-bond acceptors (Lipinski definition) is 2. The molecule has 0 saturated carbocycles. The second-order valence-corrected chi connectivity index (χ2v) is 7.42. The largest absolute Gasteiger partial charge is 0.367 e. The van der Waals surface area contributed by atoms with Crippen molar-refractivity contribution in [3.05, 3.63) is 47.1 Å². The summed E-state index contributed by atoms with van der Waals surface area (Å²) in [7, 11) is 2.27. The fraction of sp³-hybridized carbons (Fsp3) is 0.524. The number of likely N-dealkylation sites (tertiary alicyclic amines) is 1. The Morgan fingerprint density at radius 3 is 2.96 bits per heavy atom. The molecule has 1 aromatic rings. The Kier molecular flexibility index (Phi) is 3.81. The van der Waals surface area contributed by atoms with Gasteiger partial charge in [0.2, 0.25) is 0 Å². The van der Waals surface area contributed by atoms with Gasteiger partial charge < -0.3 is 9.80 Å². The zero-order chi connectivity index (χ0) is 16.0. The van der Waals surface area contributed by atoms with Gasteiger partial charge in [-0.05, 0) is 50.9 Å². The second kappa shape index (κ2) is 5.83. The summed E-state index contributed by atoms with van der Waals surface area (Å²) in [6, 6.07) is 7.72. The topological polar surface area (TPSA) is 6.48 Å². The molecule has 0 amide bonds. The zero-order valence-corrected chi connectivity index (χ0v) is 14.7. The molecular formula is C21H28N2. The Bertz CT molecular complexity index is 670. The molecule has 2 unspecified atom stereocenters. The molecule has 0 radical (unpaired) electrons. The highest BCUT2D eigenvalue weighted by Gasteiger charge is 2.42. The number of nitrogens with zero attached hydrogens (tertiary/aromatic N) is 2. The van der Waals surface area contributed by atoms with Crippen LogP contribution in [0.3, 0.4) is 0 Å². The van der Waals surface area contributed by atoms with Crippen LogP contribution in [0, 0.1) is 0 Å². The van der Waals surface area contributed by atoms with Gasteiger partial charge in [-0.2, -0.15) is 0 Å². The molecule has 2 heteroatoms. The molecule has 0 spiro atoms. The summed E-state index contributed by atoms with van der Waals surface area (Å²) < 4.78 is 0. The first-order valence-corrected chi connectivity index (χ1v) is 9.15. The number of rotatable bonds is 2. The van der Waals surface area contributed by atoms with Gasteiger partial charge in [-0.15, -0.1) is 0 Å². The monoisotopic (exact) mass is 308 g/mol. The Balaban J connectivity index is 1.86. The summed E-state index contributed by atoms with van der Waals surface area (Å²) in [5, 5.41) is 0. The fourth-order valence-electron chi connectivity index (χ4n) is 4.74. The maximum atomic E-state index is 2.75. The van der Waals surface area contributed by atoms with E-state index in [1.165, 1.54) is 43.6 Å². The Morgan fingerprint density at radius 2 is 2.13 bits per heavy atom. The van der Waals surface area contributed by atoms with Crippen LogP contribution in [0.2, 0.25) is 0 Å². The van der Waals surface area contributed by atoms with E-state index in [-0.39, 0.29) is 0 Å². The number of allylic oxidation sites excluding steroid dienone is 3. The van der Waals surface area contributed by atoms with E-state index in [4.69, 9.17) is 0 Å². The van der Waals surface area contributed by atoms with E-state index in [0.29, 0.717) is 12.0 Å². The zero-order valence-electron chi connectivity index (χ0n) is 14.7. The summed E-state index contributed by atoms with van der Waals surface area (Å²) in [5.74, 6) is 0.693. The molecule has 3 heterocycles. The predicted octanol–water partition coefficient (Wildman–Crippen LogP) is 4.44. The van der Waals surface area contributed by atoms with Crippen molar-refractivity contribution in [2.24, 2.45) is 0 Å². The quantitative estimate of drug-likeness (QED) is 0.797. The lowest BCUT2D eigenvalue weighted by atomic mass is 9.87. The van der Waals surface area contributed by atoms with Crippen molar-refractivity contribution >= 4 is 11.3 Å². The molecule has 0 aromatic heterocycles. The van der Waals surface area contributed by atoms with E-state index in [2.05, 4.69) is 61.0 Å². The molecule has 4 rings (SSSR count). The molecule has 3 aliphatic heterocycles. The SMILES string of the molecule is CC/C=C\C1=C(C)CCN2c3c1cccc3C1CN(C)CCC12. The molecule has 1 saturated heterocycles. The van der Waals surface area contributed by atoms with Crippen LogP contribution < -0.4 is 4.90 Å². The van der Waals surface area contributed by atoms with Gasteiger partial charge in [0.15, 0.2) is 0 Å². The number of likely N-dealkylation sites (N-methyl/N-ethyl adjacent to an activating group) is 1. The molecule has 122 valence electrons. The summed E-state index contributed by atoms with van der Waals surface area (Å²) in [6.07, 6.45) is 8.27. The van der Waals surface area contributed by atoms with Gasteiger partial charge in [0.1, 0.15) is 0 Å². The van der Waals surface area contributed by atoms with Crippen molar-refractivity contribution in [2.75, 3.05) is 31.6 Å². The lowest BCUT2D eigenvalue weighted by molar-refractivity contribution is 0.231. The number of anilines is 1. The van der Waals surface area contributed by atoms with Crippen molar-refractivity contribution in [1.29, 1.82) is 0 Å². The highest BCUT2D eigenvalue weighted by atomic mass is 15.2. The van der Waals surface area contributed by atoms with Crippen LogP contribution in [0.25, 0.3) is 5.57 Å². The molecule has 23 heavy (non-hydrogen) atoms. The average Bonchev–Trinajstić information content (AvgIpc) is 2.78. The molecule has 1 fully saturated rings. The van der Waals surface area contributed by atoms with E-state index >= 15 is 0 Å². The lowest BCUT2D eigenvalue weighted by Gasteiger charge is -2.37. The summed E-state index contributed by atoms with van der Waals surface area (Å²) in [4.78, 5) is 5.25. The molecule has 0 aliphatic carbocycles. The van der Waals surface area contributed by atoms with Crippen molar-refractivity contribution < 1.29 is 0 Å². The number of piperidine rings is 1. The summed E-state index contributed by atoms with van der Waals surface area (Å²) in [6.45, 7) is 8.17. The Hall–Kier alpha value is -1.54.